The highest BCUT2D eigenvalue weighted by Crippen LogP contribution is 2.37. The summed E-state index contributed by atoms with van der Waals surface area (Å²) in [5.74, 6) is 2.06. The molecule has 0 aromatic heterocycles. The molecule has 2 aliphatic rings. The molecule has 0 aromatic carbocycles. The maximum absolute atomic E-state index is 12.5. The van der Waals surface area contributed by atoms with E-state index in [1.807, 2.05) is 0 Å². The van der Waals surface area contributed by atoms with E-state index in [1.54, 1.807) is 0 Å². The number of hydrogen-bond donors (Lipinski definition) is 0. The van der Waals surface area contributed by atoms with Crippen molar-refractivity contribution < 1.29 is 14.3 Å². The van der Waals surface area contributed by atoms with Crippen molar-refractivity contribution in [2.45, 2.75) is 115 Å². The zero-order chi connectivity index (χ0) is 20.7. The van der Waals surface area contributed by atoms with Gasteiger partial charge in [-0.15, -0.1) is 23.2 Å². The summed E-state index contributed by atoms with van der Waals surface area (Å²) in [5.41, 5.74) is 0. The fourth-order valence-corrected chi connectivity index (χ4v) is 5.76. The number of carbonyl (C=O) groups excluding carboxylic acids is 1. The van der Waals surface area contributed by atoms with Gasteiger partial charge in [-0.05, 0) is 102 Å². The second kappa shape index (κ2) is 11.9. The van der Waals surface area contributed by atoms with Crippen LogP contribution in [0.25, 0.3) is 0 Å². The first-order valence-corrected chi connectivity index (χ1v) is 12.4. The SMILES string of the molecule is CCC(OC(=O)OC(CC)C1CCC(C(C)Cl)CC1)C1CCC(C(C)Cl)CC1. The predicted octanol–water partition coefficient (Wildman–Crippen LogP) is 7.56. The molecule has 5 heteroatoms. The second-order valence-corrected chi connectivity index (χ2v) is 10.5. The highest BCUT2D eigenvalue weighted by atomic mass is 35.5. The molecule has 0 heterocycles. The summed E-state index contributed by atoms with van der Waals surface area (Å²) in [5, 5.41) is 0.461. The molecule has 4 unspecified atom stereocenters. The Morgan fingerprint density at radius 1 is 0.714 bits per heavy atom. The predicted molar refractivity (Wildman–Crippen MR) is 117 cm³/mol. The first-order chi connectivity index (χ1) is 13.3. The Hall–Kier alpha value is -0.150. The van der Waals surface area contributed by atoms with Crippen LogP contribution in [0.3, 0.4) is 0 Å². The van der Waals surface area contributed by atoms with Crippen LogP contribution in [0.15, 0.2) is 0 Å². The number of carbonyl (C=O) groups is 1. The van der Waals surface area contributed by atoms with E-state index in [0.717, 1.165) is 64.2 Å². The van der Waals surface area contributed by atoms with Crippen LogP contribution in [-0.4, -0.2) is 29.1 Å². The van der Waals surface area contributed by atoms with E-state index in [1.165, 1.54) is 0 Å². The fraction of sp³-hybridized carbons (Fsp3) is 0.957. The summed E-state index contributed by atoms with van der Waals surface area (Å²) in [7, 11) is 0. The molecule has 0 saturated heterocycles. The first-order valence-electron chi connectivity index (χ1n) is 11.5. The van der Waals surface area contributed by atoms with Crippen molar-refractivity contribution >= 4 is 29.4 Å². The monoisotopic (exact) mass is 434 g/mol. The molecule has 0 bridgehead atoms. The van der Waals surface area contributed by atoms with Gasteiger partial charge in [0.1, 0.15) is 12.2 Å². The van der Waals surface area contributed by atoms with E-state index in [2.05, 4.69) is 27.7 Å². The van der Waals surface area contributed by atoms with Gasteiger partial charge in [0.25, 0.3) is 0 Å². The van der Waals surface area contributed by atoms with E-state index in [9.17, 15) is 4.79 Å². The lowest BCUT2D eigenvalue weighted by atomic mass is 9.77. The minimum Gasteiger partial charge on any atom is -0.431 e. The van der Waals surface area contributed by atoms with Gasteiger partial charge in [0.15, 0.2) is 0 Å². The zero-order valence-corrected chi connectivity index (χ0v) is 19.7. The minimum absolute atomic E-state index is 0.0376. The Morgan fingerprint density at radius 2 is 1.00 bits per heavy atom. The minimum atomic E-state index is -0.473. The maximum atomic E-state index is 12.5. The van der Waals surface area contributed by atoms with Crippen LogP contribution in [0.2, 0.25) is 0 Å². The van der Waals surface area contributed by atoms with Gasteiger partial charge in [-0.2, -0.15) is 0 Å². The number of rotatable bonds is 8. The molecule has 0 amide bonds. The molecule has 164 valence electrons. The Kier molecular flexibility index (Phi) is 10.2. The van der Waals surface area contributed by atoms with Crippen molar-refractivity contribution in [1.29, 1.82) is 0 Å². The number of hydrogen-bond acceptors (Lipinski definition) is 3. The second-order valence-electron chi connectivity index (χ2n) is 9.08. The van der Waals surface area contributed by atoms with Crippen LogP contribution in [0, 0.1) is 23.7 Å². The molecule has 2 rings (SSSR count). The summed E-state index contributed by atoms with van der Waals surface area (Å²) in [6.45, 7) is 8.37. The summed E-state index contributed by atoms with van der Waals surface area (Å²) in [4.78, 5) is 12.5. The molecular weight excluding hydrogens is 395 g/mol. The fourth-order valence-electron chi connectivity index (χ4n) is 5.25. The van der Waals surface area contributed by atoms with Crippen LogP contribution in [-0.2, 0) is 9.47 Å². The average molecular weight is 435 g/mol. The van der Waals surface area contributed by atoms with Crippen LogP contribution >= 0.6 is 23.2 Å². The van der Waals surface area contributed by atoms with Gasteiger partial charge in [0, 0.05) is 10.8 Å². The van der Waals surface area contributed by atoms with Crippen molar-refractivity contribution in [1.82, 2.24) is 0 Å². The molecule has 0 aromatic rings. The van der Waals surface area contributed by atoms with Crippen molar-refractivity contribution in [3.05, 3.63) is 0 Å². The molecule has 0 aliphatic heterocycles. The third-order valence-electron chi connectivity index (χ3n) is 7.28. The average Bonchev–Trinajstić information content (AvgIpc) is 2.70. The maximum Gasteiger partial charge on any atom is 0.508 e. The third-order valence-corrected chi connectivity index (χ3v) is 8.00. The summed E-state index contributed by atoms with van der Waals surface area (Å²) in [6.07, 6.45) is 10.0. The van der Waals surface area contributed by atoms with E-state index < -0.39 is 6.16 Å². The first kappa shape index (κ1) is 24.1. The third kappa shape index (κ3) is 6.97. The summed E-state index contributed by atoms with van der Waals surface area (Å²) >= 11 is 12.5. The number of ether oxygens (including phenoxy) is 2. The van der Waals surface area contributed by atoms with Gasteiger partial charge >= 0.3 is 6.16 Å². The van der Waals surface area contributed by atoms with Crippen molar-refractivity contribution in [2.24, 2.45) is 23.7 Å². The smallest absolute Gasteiger partial charge is 0.431 e. The van der Waals surface area contributed by atoms with E-state index in [4.69, 9.17) is 32.7 Å². The quantitative estimate of drug-likeness (QED) is 0.291. The van der Waals surface area contributed by atoms with E-state index in [0.29, 0.717) is 23.7 Å². The molecule has 0 spiro atoms. The molecule has 2 fully saturated rings. The lowest BCUT2D eigenvalue weighted by Gasteiger charge is -2.35. The van der Waals surface area contributed by atoms with Crippen LogP contribution in [0.4, 0.5) is 4.79 Å². The van der Waals surface area contributed by atoms with Crippen molar-refractivity contribution in [3.8, 4) is 0 Å². The Labute approximate surface area is 182 Å². The topological polar surface area (TPSA) is 35.5 Å². The largest absolute Gasteiger partial charge is 0.508 e. The molecule has 2 saturated carbocycles. The summed E-state index contributed by atoms with van der Waals surface area (Å²) < 4.78 is 11.6. The highest BCUT2D eigenvalue weighted by molar-refractivity contribution is 6.20. The number of halogens is 2. The molecule has 0 radical (unpaired) electrons. The van der Waals surface area contributed by atoms with Gasteiger partial charge < -0.3 is 9.47 Å². The van der Waals surface area contributed by atoms with Crippen LogP contribution < -0.4 is 0 Å². The molecular formula is C23H40Cl2O3. The summed E-state index contributed by atoms with van der Waals surface area (Å²) in [6, 6.07) is 0. The highest BCUT2D eigenvalue weighted by Gasteiger charge is 2.34. The Balaban J connectivity index is 1.80. The van der Waals surface area contributed by atoms with Crippen LogP contribution in [0.1, 0.15) is 91.9 Å². The Morgan fingerprint density at radius 3 is 1.25 bits per heavy atom. The van der Waals surface area contributed by atoms with E-state index in [-0.39, 0.29) is 23.0 Å². The van der Waals surface area contributed by atoms with Gasteiger partial charge in [-0.3, -0.25) is 0 Å². The zero-order valence-electron chi connectivity index (χ0n) is 18.2. The van der Waals surface area contributed by atoms with Crippen LogP contribution in [0.5, 0.6) is 0 Å². The van der Waals surface area contributed by atoms with Crippen molar-refractivity contribution in [3.63, 3.8) is 0 Å². The lowest BCUT2D eigenvalue weighted by molar-refractivity contribution is -0.0448. The lowest BCUT2D eigenvalue weighted by Crippen LogP contribution is -2.35. The van der Waals surface area contributed by atoms with E-state index >= 15 is 0 Å². The standard InChI is InChI=1S/C23H40Cl2O3/c1-5-21(19-11-7-17(8-12-19)15(3)24)27-23(26)28-22(6-2)20-13-9-18(10-14-20)16(4)25/h15-22H,5-14H2,1-4H3. The van der Waals surface area contributed by atoms with Gasteiger partial charge in [0.2, 0.25) is 0 Å². The molecule has 3 nitrogen and oxygen atoms in total. The van der Waals surface area contributed by atoms with Gasteiger partial charge in [-0.1, -0.05) is 13.8 Å². The normalized spacial score (nSPS) is 32.8. The molecule has 0 N–H and O–H groups in total. The molecule has 4 atom stereocenters. The molecule has 28 heavy (non-hydrogen) atoms. The Bertz CT molecular complexity index is 413. The van der Waals surface area contributed by atoms with Crippen molar-refractivity contribution in [2.75, 3.05) is 0 Å². The van der Waals surface area contributed by atoms with Gasteiger partial charge in [-0.25, -0.2) is 4.79 Å². The molecule has 2 aliphatic carbocycles. The van der Waals surface area contributed by atoms with Gasteiger partial charge in [0.05, 0.1) is 0 Å². The number of alkyl halides is 2.